The molecule has 1 aromatic heterocycles. The molecule has 1 aliphatic heterocycles. The van der Waals surface area contributed by atoms with Crippen LogP contribution in [0.3, 0.4) is 0 Å². The van der Waals surface area contributed by atoms with Gasteiger partial charge in [-0.15, -0.1) is 5.10 Å². The van der Waals surface area contributed by atoms with Crippen LogP contribution in [0.25, 0.3) is 0 Å². The topological polar surface area (TPSA) is 86.5 Å². The van der Waals surface area contributed by atoms with E-state index < -0.39 is 13.1 Å². The summed E-state index contributed by atoms with van der Waals surface area (Å²) in [5.41, 5.74) is -0.456. The Bertz CT molecular complexity index is 648. The van der Waals surface area contributed by atoms with Gasteiger partial charge in [0.1, 0.15) is 0 Å². The minimum Gasteiger partial charge on any atom is -0.476 e. The van der Waals surface area contributed by atoms with Crippen molar-refractivity contribution in [2.24, 2.45) is 11.3 Å². The predicted octanol–water partition coefficient (Wildman–Crippen LogP) is 1.39. The van der Waals surface area contributed by atoms with Crippen LogP contribution in [0.2, 0.25) is 0 Å². The summed E-state index contributed by atoms with van der Waals surface area (Å²) in [7, 11) is -0.410. The molecule has 8 heteroatoms. The normalized spacial score (nSPS) is 38.5. The number of hydrogen-bond acceptors (Lipinski definition) is 5. The smallest absolute Gasteiger partial charge is 0.476 e. The SMILES string of the molecule is CC12CCC3CC1(OB(Cn1cc(C(=O)O)nn1)O2)C3(C)C. The Morgan fingerprint density at radius 2 is 2.27 bits per heavy atom. The van der Waals surface area contributed by atoms with E-state index in [0.717, 1.165) is 12.8 Å². The fourth-order valence-corrected chi connectivity index (χ4v) is 4.81. The maximum Gasteiger partial charge on any atom is 0.481 e. The molecule has 0 amide bonds. The van der Waals surface area contributed by atoms with Crippen LogP contribution in [0, 0.1) is 11.3 Å². The third-order valence-electron chi connectivity index (χ3n) is 6.24. The summed E-state index contributed by atoms with van der Waals surface area (Å²) in [6.45, 7) is 6.68. The van der Waals surface area contributed by atoms with Crippen LogP contribution in [0.4, 0.5) is 0 Å². The van der Waals surface area contributed by atoms with Crippen LogP contribution in [0.15, 0.2) is 6.20 Å². The van der Waals surface area contributed by atoms with Crippen molar-refractivity contribution in [2.75, 3.05) is 0 Å². The van der Waals surface area contributed by atoms with E-state index in [1.165, 1.54) is 17.3 Å². The number of hydrogen-bond donors (Lipinski definition) is 1. The molecule has 2 heterocycles. The summed E-state index contributed by atoms with van der Waals surface area (Å²) >= 11 is 0. The average Bonchev–Trinajstić information content (AvgIpc) is 3.01. The summed E-state index contributed by atoms with van der Waals surface area (Å²) in [5, 5.41) is 16.4. The fraction of sp³-hybridized carbons (Fsp3) is 0.786. The summed E-state index contributed by atoms with van der Waals surface area (Å²) < 4.78 is 14.1. The van der Waals surface area contributed by atoms with Crippen molar-refractivity contribution in [3.63, 3.8) is 0 Å². The Hall–Kier alpha value is -1.41. The van der Waals surface area contributed by atoms with Crippen LogP contribution in [0.1, 0.15) is 50.5 Å². The first-order valence-corrected chi connectivity index (χ1v) is 7.76. The van der Waals surface area contributed by atoms with Crippen molar-refractivity contribution in [2.45, 2.75) is 57.7 Å². The van der Waals surface area contributed by atoms with Gasteiger partial charge < -0.3 is 14.4 Å². The second-order valence-electron chi connectivity index (χ2n) is 7.52. The minimum absolute atomic E-state index is 0.0659. The molecule has 7 nitrogen and oxygen atoms in total. The Balaban J connectivity index is 1.55. The fourth-order valence-electron chi connectivity index (χ4n) is 4.81. The molecule has 0 radical (unpaired) electrons. The van der Waals surface area contributed by atoms with Gasteiger partial charge >= 0.3 is 13.1 Å². The molecule has 3 saturated carbocycles. The first-order valence-electron chi connectivity index (χ1n) is 7.76. The Labute approximate surface area is 129 Å². The van der Waals surface area contributed by atoms with Gasteiger partial charge in [0.2, 0.25) is 0 Å². The number of aromatic carboxylic acids is 1. The quantitative estimate of drug-likeness (QED) is 0.849. The van der Waals surface area contributed by atoms with Crippen molar-refractivity contribution >= 4 is 13.1 Å². The van der Waals surface area contributed by atoms with Crippen LogP contribution in [-0.2, 0) is 15.8 Å². The van der Waals surface area contributed by atoms with Crippen LogP contribution in [0.5, 0.6) is 0 Å². The molecule has 1 aromatic rings. The lowest BCUT2D eigenvalue weighted by atomic mass is 9.41. The largest absolute Gasteiger partial charge is 0.481 e. The lowest BCUT2D eigenvalue weighted by molar-refractivity contribution is -0.257. The monoisotopic (exact) mass is 305 g/mol. The molecule has 0 aromatic carbocycles. The van der Waals surface area contributed by atoms with E-state index >= 15 is 0 Å². The van der Waals surface area contributed by atoms with Gasteiger partial charge in [-0.25, -0.2) is 4.79 Å². The van der Waals surface area contributed by atoms with E-state index in [2.05, 4.69) is 31.1 Å². The number of rotatable bonds is 3. The van der Waals surface area contributed by atoms with Gasteiger partial charge in [0.05, 0.1) is 23.8 Å². The number of carboxylic acids is 1. The summed E-state index contributed by atoms with van der Waals surface area (Å²) in [4.78, 5) is 10.9. The van der Waals surface area contributed by atoms with E-state index in [0.29, 0.717) is 12.4 Å². The second kappa shape index (κ2) is 4.11. The van der Waals surface area contributed by atoms with E-state index in [9.17, 15) is 4.79 Å². The number of carbonyl (C=O) groups is 1. The molecule has 5 rings (SSSR count). The molecule has 118 valence electrons. The Morgan fingerprint density at radius 1 is 1.50 bits per heavy atom. The van der Waals surface area contributed by atoms with Gasteiger partial charge in [-0.3, -0.25) is 4.68 Å². The molecule has 1 N–H and O–H groups in total. The van der Waals surface area contributed by atoms with Gasteiger partial charge in [-0.05, 0) is 37.5 Å². The van der Waals surface area contributed by atoms with Crippen molar-refractivity contribution < 1.29 is 19.2 Å². The highest BCUT2D eigenvalue weighted by molar-refractivity contribution is 6.44. The third kappa shape index (κ3) is 1.57. The lowest BCUT2D eigenvalue weighted by Gasteiger charge is -2.69. The molecule has 4 aliphatic rings. The zero-order chi connectivity index (χ0) is 15.8. The van der Waals surface area contributed by atoms with E-state index in [-0.39, 0.29) is 22.3 Å². The summed E-state index contributed by atoms with van der Waals surface area (Å²) in [6.07, 6.45) is 5.00. The maximum atomic E-state index is 10.9. The zero-order valence-electron chi connectivity index (χ0n) is 13.1. The van der Waals surface area contributed by atoms with Crippen molar-refractivity contribution in [3.05, 3.63) is 11.9 Å². The molecule has 3 aliphatic carbocycles. The Kier molecular flexibility index (Phi) is 2.65. The molecular formula is C14H20BN3O4. The average molecular weight is 305 g/mol. The molecular weight excluding hydrogens is 285 g/mol. The molecule has 3 atom stereocenters. The van der Waals surface area contributed by atoms with Crippen molar-refractivity contribution in [3.8, 4) is 0 Å². The number of fused-ring (bicyclic) bond motifs is 1. The highest BCUT2D eigenvalue weighted by Crippen LogP contribution is 2.70. The third-order valence-corrected chi connectivity index (χ3v) is 6.24. The molecule has 4 fully saturated rings. The van der Waals surface area contributed by atoms with Crippen molar-refractivity contribution in [1.82, 2.24) is 15.0 Å². The first-order chi connectivity index (χ1) is 10.3. The van der Waals surface area contributed by atoms with Crippen LogP contribution < -0.4 is 0 Å². The minimum atomic E-state index is -1.08. The van der Waals surface area contributed by atoms with E-state index in [4.69, 9.17) is 14.4 Å². The molecule has 1 spiro atoms. The van der Waals surface area contributed by atoms with Gasteiger partial charge in [0, 0.05) is 0 Å². The number of aromatic nitrogens is 3. The summed E-state index contributed by atoms with van der Waals surface area (Å²) in [6, 6.07) is 0. The summed E-state index contributed by atoms with van der Waals surface area (Å²) in [5.74, 6) is -0.380. The molecule has 22 heavy (non-hydrogen) atoms. The lowest BCUT2D eigenvalue weighted by Crippen LogP contribution is -2.73. The Morgan fingerprint density at radius 3 is 2.86 bits per heavy atom. The van der Waals surface area contributed by atoms with Crippen LogP contribution in [-0.4, -0.2) is 44.4 Å². The highest BCUT2D eigenvalue weighted by atomic mass is 16.7. The van der Waals surface area contributed by atoms with E-state index in [1.807, 2.05) is 0 Å². The maximum absolute atomic E-state index is 10.9. The van der Waals surface area contributed by atoms with Gasteiger partial charge in [0.25, 0.3) is 0 Å². The van der Waals surface area contributed by atoms with Gasteiger partial charge in [-0.1, -0.05) is 19.1 Å². The van der Waals surface area contributed by atoms with Crippen molar-refractivity contribution in [1.29, 1.82) is 0 Å². The first kappa shape index (κ1) is 14.2. The zero-order valence-corrected chi connectivity index (χ0v) is 13.1. The van der Waals surface area contributed by atoms with E-state index in [1.54, 1.807) is 0 Å². The molecule has 3 unspecified atom stereocenters. The molecule has 1 saturated heterocycles. The van der Waals surface area contributed by atoms with Gasteiger partial charge in [0.15, 0.2) is 5.69 Å². The second-order valence-corrected chi connectivity index (χ2v) is 7.52. The highest BCUT2D eigenvalue weighted by Gasteiger charge is 2.76. The van der Waals surface area contributed by atoms with Crippen LogP contribution >= 0.6 is 0 Å². The van der Waals surface area contributed by atoms with Gasteiger partial charge in [-0.2, -0.15) is 0 Å². The number of nitrogens with zero attached hydrogens (tertiary/aromatic N) is 3. The predicted molar refractivity (Wildman–Crippen MR) is 77.2 cm³/mol. The molecule has 2 bridgehead atoms. The standard InChI is InChI=1S/C14H20BN3O4/c1-12(2)9-4-5-13(3)14(12,6-9)22-15(21-13)8-18-7-10(11(19)20)16-17-18/h7,9H,4-6,8H2,1-3H3,(H,19,20). The number of carboxylic acid groups (broad SMARTS) is 1.